The molecule has 1 atom stereocenters. The molecule has 1 N–H and O–H groups in total. The largest absolute Gasteiger partial charge is 0.480 e. The van der Waals surface area contributed by atoms with Crippen LogP contribution in [0.4, 0.5) is 0 Å². The van der Waals surface area contributed by atoms with E-state index in [1.54, 1.807) is 0 Å². The number of carboxylic acids is 1. The number of amides is 2. The van der Waals surface area contributed by atoms with Gasteiger partial charge in [-0.1, -0.05) is 13.8 Å². The average Bonchev–Trinajstić information content (AvgIpc) is 2.60. The van der Waals surface area contributed by atoms with Gasteiger partial charge in [-0.25, -0.2) is 4.79 Å². The maximum atomic E-state index is 12.4. The van der Waals surface area contributed by atoms with Crippen LogP contribution in [0.3, 0.4) is 0 Å². The molecule has 0 aliphatic carbocycles. The Balaban J connectivity index is 2.47. The fraction of sp³-hybridized carbons (Fsp3) is 0.357. The Kier molecular flexibility index (Phi) is 4.53. The number of benzene rings is 1. The van der Waals surface area contributed by atoms with Crippen molar-refractivity contribution >= 4 is 49.6 Å². The second-order valence-corrected chi connectivity index (χ2v) is 6.98. The Morgan fingerprint density at radius 1 is 1.14 bits per heavy atom. The van der Waals surface area contributed by atoms with Gasteiger partial charge < -0.3 is 5.11 Å². The van der Waals surface area contributed by atoms with E-state index in [0.29, 0.717) is 8.95 Å². The highest BCUT2D eigenvalue weighted by molar-refractivity contribution is 9.13. The number of nitrogens with zero attached hydrogens (tertiary/aromatic N) is 1. The van der Waals surface area contributed by atoms with E-state index in [9.17, 15) is 19.5 Å². The summed E-state index contributed by atoms with van der Waals surface area (Å²) in [6.07, 6.45) is 0.225. The van der Waals surface area contributed by atoms with E-state index in [0.717, 1.165) is 4.90 Å². The Hall–Kier alpha value is -1.21. The van der Waals surface area contributed by atoms with Crippen molar-refractivity contribution in [2.75, 3.05) is 0 Å². The van der Waals surface area contributed by atoms with Crippen molar-refractivity contribution in [1.82, 2.24) is 4.90 Å². The minimum Gasteiger partial charge on any atom is -0.480 e. The molecule has 2 rings (SSSR count). The van der Waals surface area contributed by atoms with Crippen molar-refractivity contribution in [3.63, 3.8) is 0 Å². The number of carboxylic acid groups (broad SMARTS) is 1. The molecular formula is C14H13Br2NO4. The Labute approximate surface area is 138 Å². The number of hydrogen-bond acceptors (Lipinski definition) is 3. The Morgan fingerprint density at radius 2 is 1.57 bits per heavy atom. The molecule has 0 radical (unpaired) electrons. The highest BCUT2D eigenvalue weighted by Crippen LogP contribution is 2.33. The monoisotopic (exact) mass is 417 g/mol. The second-order valence-electron chi connectivity index (χ2n) is 5.28. The van der Waals surface area contributed by atoms with Gasteiger partial charge in [-0.2, -0.15) is 0 Å². The van der Waals surface area contributed by atoms with Crippen LogP contribution in [0.5, 0.6) is 0 Å². The summed E-state index contributed by atoms with van der Waals surface area (Å²) in [5.41, 5.74) is 0.454. The minimum atomic E-state index is -1.17. The number of imide groups is 1. The number of aliphatic carboxylic acids is 1. The summed E-state index contributed by atoms with van der Waals surface area (Å²) < 4.78 is 1.28. The molecule has 2 amide bonds. The van der Waals surface area contributed by atoms with Gasteiger partial charge in [-0.05, 0) is 56.3 Å². The van der Waals surface area contributed by atoms with Gasteiger partial charge in [0.25, 0.3) is 11.8 Å². The highest BCUT2D eigenvalue weighted by Gasteiger charge is 2.43. The summed E-state index contributed by atoms with van der Waals surface area (Å²) in [5, 5.41) is 9.34. The van der Waals surface area contributed by atoms with Gasteiger partial charge in [0.15, 0.2) is 0 Å². The van der Waals surface area contributed by atoms with Crippen LogP contribution in [-0.4, -0.2) is 33.8 Å². The van der Waals surface area contributed by atoms with Crippen LogP contribution < -0.4 is 0 Å². The van der Waals surface area contributed by atoms with E-state index in [2.05, 4.69) is 31.9 Å². The zero-order chi connectivity index (χ0) is 15.9. The van der Waals surface area contributed by atoms with Crippen LogP contribution in [-0.2, 0) is 4.79 Å². The molecule has 7 heteroatoms. The lowest BCUT2D eigenvalue weighted by molar-refractivity contribution is -0.142. The maximum Gasteiger partial charge on any atom is 0.326 e. The maximum absolute atomic E-state index is 12.4. The van der Waals surface area contributed by atoms with Crippen LogP contribution in [0.25, 0.3) is 0 Å². The first kappa shape index (κ1) is 16.2. The molecule has 0 saturated heterocycles. The molecule has 1 aliphatic rings. The van der Waals surface area contributed by atoms with Crippen LogP contribution in [0, 0.1) is 5.92 Å². The molecule has 1 aliphatic heterocycles. The van der Waals surface area contributed by atoms with Gasteiger partial charge in [0.1, 0.15) is 6.04 Å². The van der Waals surface area contributed by atoms with Gasteiger partial charge in [0.05, 0.1) is 11.1 Å². The summed E-state index contributed by atoms with van der Waals surface area (Å²) in [7, 11) is 0. The number of halogens is 2. The number of rotatable bonds is 4. The molecule has 0 bridgehead atoms. The number of carbonyl (C=O) groups is 3. The number of hydrogen-bond donors (Lipinski definition) is 1. The molecule has 5 nitrogen and oxygen atoms in total. The first-order valence-electron chi connectivity index (χ1n) is 6.33. The first-order valence-corrected chi connectivity index (χ1v) is 7.92. The van der Waals surface area contributed by atoms with Crippen molar-refractivity contribution in [3.8, 4) is 0 Å². The van der Waals surface area contributed by atoms with Crippen molar-refractivity contribution in [3.05, 3.63) is 32.2 Å². The Bertz CT molecular complexity index is 601. The van der Waals surface area contributed by atoms with Crippen LogP contribution in [0.15, 0.2) is 21.1 Å². The summed E-state index contributed by atoms with van der Waals surface area (Å²) >= 11 is 6.55. The van der Waals surface area contributed by atoms with Crippen LogP contribution in [0.1, 0.15) is 41.0 Å². The predicted octanol–water partition coefficient (Wildman–Crippen LogP) is 3.31. The van der Waals surface area contributed by atoms with Crippen LogP contribution in [0.2, 0.25) is 0 Å². The van der Waals surface area contributed by atoms with Gasteiger partial charge in [-0.15, -0.1) is 0 Å². The zero-order valence-corrected chi connectivity index (χ0v) is 14.6. The van der Waals surface area contributed by atoms with E-state index < -0.39 is 23.8 Å². The molecule has 1 heterocycles. The van der Waals surface area contributed by atoms with E-state index in [1.165, 1.54) is 12.1 Å². The molecule has 0 fully saturated rings. The normalized spacial score (nSPS) is 15.6. The molecule has 0 spiro atoms. The summed E-state index contributed by atoms with van der Waals surface area (Å²) in [6, 6.07) is 1.93. The zero-order valence-electron chi connectivity index (χ0n) is 11.4. The average molecular weight is 419 g/mol. The summed E-state index contributed by atoms with van der Waals surface area (Å²) in [6.45, 7) is 3.70. The number of fused-ring (bicyclic) bond motifs is 1. The second kappa shape index (κ2) is 5.88. The van der Waals surface area contributed by atoms with E-state index in [4.69, 9.17) is 0 Å². The van der Waals surface area contributed by atoms with Crippen molar-refractivity contribution in [1.29, 1.82) is 0 Å². The Morgan fingerprint density at radius 3 is 1.90 bits per heavy atom. The highest BCUT2D eigenvalue weighted by atomic mass is 79.9. The topological polar surface area (TPSA) is 74.7 Å². The quantitative estimate of drug-likeness (QED) is 0.761. The molecule has 1 aromatic rings. The van der Waals surface area contributed by atoms with Crippen molar-refractivity contribution in [2.24, 2.45) is 5.92 Å². The first-order chi connectivity index (χ1) is 9.73. The molecular weight excluding hydrogens is 406 g/mol. The third-order valence-corrected chi connectivity index (χ3v) is 5.09. The molecule has 21 heavy (non-hydrogen) atoms. The third kappa shape index (κ3) is 2.89. The summed E-state index contributed by atoms with van der Waals surface area (Å²) in [5.74, 6) is -2.24. The fourth-order valence-electron chi connectivity index (χ4n) is 2.30. The SMILES string of the molecule is CC(C)C[C@@H](C(=O)O)N1C(=O)c2cc(Br)c(Br)cc2C1=O. The minimum absolute atomic E-state index is 0.0499. The third-order valence-electron chi connectivity index (χ3n) is 3.25. The molecule has 0 aromatic heterocycles. The predicted molar refractivity (Wildman–Crippen MR) is 83.2 cm³/mol. The van der Waals surface area contributed by atoms with E-state index in [1.807, 2.05) is 13.8 Å². The molecule has 1 aromatic carbocycles. The van der Waals surface area contributed by atoms with E-state index in [-0.39, 0.29) is 23.5 Å². The van der Waals surface area contributed by atoms with Gasteiger partial charge >= 0.3 is 5.97 Å². The van der Waals surface area contributed by atoms with Crippen LogP contribution >= 0.6 is 31.9 Å². The van der Waals surface area contributed by atoms with Crippen molar-refractivity contribution in [2.45, 2.75) is 26.3 Å². The smallest absolute Gasteiger partial charge is 0.326 e. The lowest BCUT2D eigenvalue weighted by Crippen LogP contribution is -2.45. The fourth-order valence-corrected chi connectivity index (χ4v) is 2.99. The number of carbonyl (C=O) groups excluding carboxylic acids is 2. The van der Waals surface area contributed by atoms with Gasteiger partial charge in [-0.3, -0.25) is 14.5 Å². The lowest BCUT2D eigenvalue weighted by atomic mass is 10.0. The summed E-state index contributed by atoms with van der Waals surface area (Å²) in [4.78, 5) is 37.1. The van der Waals surface area contributed by atoms with E-state index >= 15 is 0 Å². The molecule has 0 unspecified atom stereocenters. The van der Waals surface area contributed by atoms with Gasteiger partial charge in [0, 0.05) is 8.95 Å². The lowest BCUT2D eigenvalue weighted by Gasteiger charge is -2.23. The standard InChI is InChI=1S/C14H13Br2NO4/c1-6(2)3-11(14(20)21)17-12(18)7-4-9(15)10(16)5-8(7)13(17)19/h4-6,11H,3H2,1-2H3,(H,20,21)/t11-/m0/s1. The van der Waals surface area contributed by atoms with Crippen molar-refractivity contribution < 1.29 is 19.5 Å². The molecule has 112 valence electrons. The van der Waals surface area contributed by atoms with Gasteiger partial charge in [0.2, 0.25) is 0 Å². The molecule has 0 saturated carbocycles.